The Morgan fingerprint density at radius 3 is 2.26 bits per heavy atom. The van der Waals surface area contributed by atoms with Crippen molar-refractivity contribution in [3.05, 3.63) is 88.9 Å². The zero-order chi connectivity index (χ0) is 19.0. The maximum Gasteiger partial charge on any atom is 0.160 e. The average Bonchev–Trinajstić information content (AvgIpc) is 2.96. The highest BCUT2D eigenvalue weighted by atomic mass is 15.1. The van der Waals surface area contributed by atoms with E-state index >= 15 is 0 Å². The van der Waals surface area contributed by atoms with Crippen molar-refractivity contribution in [2.75, 3.05) is 5.32 Å². The van der Waals surface area contributed by atoms with Crippen LogP contribution in [0.15, 0.2) is 60.8 Å². The molecule has 0 atom stereocenters. The first-order valence-electron chi connectivity index (χ1n) is 9.38. The minimum atomic E-state index is 0.789. The van der Waals surface area contributed by atoms with Gasteiger partial charge in [0.05, 0.1) is 11.4 Å². The van der Waals surface area contributed by atoms with Crippen LogP contribution in [0.25, 0.3) is 16.8 Å². The molecule has 27 heavy (non-hydrogen) atoms. The Morgan fingerprint density at radius 2 is 1.56 bits per heavy atom. The predicted molar refractivity (Wildman–Crippen MR) is 113 cm³/mol. The molecule has 0 aliphatic carbocycles. The third-order valence-corrected chi connectivity index (χ3v) is 5.40. The lowest BCUT2D eigenvalue weighted by Gasteiger charge is -2.14. The lowest BCUT2D eigenvalue weighted by Crippen LogP contribution is -2.05. The fraction of sp³-hybridized carbons (Fsp3) is 0.208. The molecule has 4 aromatic rings. The number of rotatable bonds is 4. The second-order valence-electron chi connectivity index (χ2n) is 7.21. The number of aromatic nitrogens is 2. The van der Waals surface area contributed by atoms with E-state index in [9.17, 15) is 0 Å². The monoisotopic (exact) mass is 355 g/mol. The Kier molecular flexibility index (Phi) is 4.44. The van der Waals surface area contributed by atoms with Crippen LogP contribution in [0.2, 0.25) is 0 Å². The van der Waals surface area contributed by atoms with E-state index < -0.39 is 0 Å². The highest BCUT2D eigenvalue weighted by Crippen LogP contribution is 2.28. The molecule has 3 nitrogen and oxygen atoms in total. The van der Waals surface area contributed by atoms with Gasteiger partial charge in [-0.1, -0.05) is 48.5 Å². The first-order valence-corrected chi connectivity index (χ1v) is 9.38. The highest BCUT2D eigenvalue weighted by Gasteiger charge is 2.12. The van der Waals surface area contributed by atoms with E-state index in [2.05, 4.69) is 98.2 Å². The predicted octanol–water partition coefficient (Wildman–Crippen LogP) is 5.85. The van der Waals surface area contributed by atoms with Gasteiger partial charge in [-0.25, -0.2) is 4.98 Å². The lowest BCUT2D eigenvalue weighted by molar-refractivity contribution is 1.07. The summed E-state index contributed by atoms with van der Waals surface area (Å²) in [5.41, 5.74) is 10.7. The Bertz CT molecular complexity index is 1090. The topological polar surface area (TPSA) is 29.3 Å². The number of fused-ring (bicyclic) bond motifs is 1. The lowest BCUT2D eigenvalue weighted by atomic mass is 10.0. The van der Waals surface area contributed by atoms with Crippen LogP contribution in [0, 0.1) is 27.7 Å². The van der Waals surface area contributed by atoms with Crippen LogP contribution < -0.4 is 5.32 Å². The Labute approximate surface area is 160 Å². The molecule has 2 aromatic carbocycles. The number of pyridine rings is 1. The molecule has 2 heterocycles. The summed E-state index contributed by atoms with van der Waals surface area (Å²) in [5, 5.41) is 3.65. The Hall–Kier alpha value is -3.07. The van der Waals surface area contributed by atoms with E-state index in [1.165, 1.54) is 33.5 Å². The van der Waals surface area contributed by atoms with Crippen molar-refractivity contribution >= 4 is 11.3 Å². The second-order valence-corrected chi connectivity index (χ2v) is 7.21. The molecule has 0 radical (unpaired) electrons. The van der Waals surface area contributed by atoms with Gasteiger partial charge in [0, 0.05) is 24.0 Å². The average molecular weight is 355 g/mol. The molecule has 4 rings (SSSR count). The molecule has 1 N–H and O–H groups in total. The molecule has 0 bridgehead atoms. The van der Waals surface area contributed by atoms with Crippen molar-refractivity contribution in [1.82, 2.24) is 9.38 Å². The zero-order valence-corrected chi connectivity index (χ0v) is 16.4. The van der Waals surface area contributed by atoms with Crippen molar-refractivity contribution in [2.24, 2.45) is 0 Å². The summed E-state index contributed by atoms with van der Waals surface area (Å²) in [5.74, 6) is 0. The van der Waals surface area contributed by atoms with E-state index in [0.29, 0.717) is 0 Å². The standard InChI is InChI=1S/C24H25N3/c1-16-9-8-10-17(2)22(16)14-25-23-13-21(20-11-6-5-7-12-20)15-27-19(4)18(3)26-24(23)27/h5-13,15,25H,14H2,1-4H3. The smallest absolute Gasteiger partial charge is 0.160 e. The molecule has 0 aliphatic heterocycles. The summed E-state index contributed by atoms with van der Waals surface area (Å²) in [6.07, 6.45) is 2.18. The summed E-state index contributed by atoms with van der Waals surface area (Å²) < 4.78 is 2.20. The molecule has 0 saturated heterocycles. The van der Waals surface area contributed by atoms with E-state index in [-0.39, 0.29) is 0 Å². The van der Waals surface area contributed by atoms with Gasteiger partial charge in [0.15, 0.2) is 5.65 Å². The number of nitrogens with zero attached hydrogens (tertiary/aromatic N) is 2. The van der Waals surface area contributed by atoms with Gasteiger partial charge < -0.3 is 9.72 Å². The molecule has 0 unspecified atom stereocenters. The Balaban J connectivity index is 1.80. The summed E-state index contributed by atoms with van der Waals surface area (Å²) in [6.45, 7) is 9.32. The van der Waals surface area contributed by atoms with Crippen LogP contribution in [0.4, 0.5) is 5.69 Å². The van der Waals surface area contributed by atoms with Crippen LogP contribution in [0.1, 0.15) is 28.1 Å². The van der Waals surface area contributed by atoms with Crippen LogP contribution in [0.5, 0.6) is 0 Å². The molecule has 0 spiro atoms. The van der Waals surface area contributed by atoms with E-state index in [1.54, 1.807) is 0 Å². The van der Waals surface area contributed by atoms with Gasteiger partial charge >= 0.3 is 0 Å². The van der Waals surface area contributed by atoms with Crippen LogP contribution in [-0.4, -0.2) is 9.38 Å². The van der Waals surface area contributed by atoms with Crippen molar-refractivity contribution in [2.45, 2.75) is 34.2 Å². The molecule has 0 aliphatic rings. The molecule has 0 saturated carbocycles. The number of imidazole rings is 1. The van der Waals surface area contributed by atoms with Crippen LogP contribution in [0.3, 0.4) is 0 Å². The highest BCUT2D eigenvalue weighted by molar-refractivity contribution is 5.77. The molecule has 0 amide bonds. The van der Waals surface area contributed by atoms with Gasteiger partial charge in [0.25, 0.3) is 0 Å². The Morgan fingerprint density at radius 1 is 0.852 bits per heavy atom. The number of anilines is 1. The third kappa shape index (κ3) is 3.21. The van der Waals surface area contributed by atoms with Gasteiger partial charge in [-0.15, -0.1) is 0 Å². The summed E-state index contributed by atoms with van der Waals surface area (Å²) in [6, 6.07) is 19.2. The quantitative estimate of drug-likeness (QED) is 0.498. The number of nitrogens with one attached hydrogen (secondary N) is 1. The normalized spacial score (nSPS) is 11.1. The molecule has 3 heteroatoms. The largest absolute Gasteiger partial charge is 0.378 e. The maximum atomic E-state index is 4.81. The number of aryl methyl sites for hydroxylation is 4. The van der Waals surface area contributed by atoms with Crippen molar-refractivity contribution in [3.63, 3.8) is 0 Å². The van der Waals surface area contributed by atoms with Gasteiger partial charge in [-0.3, -0.25) is 0 Å². The van der Waals surface area contributed by atoms with E-state index in [1.807, 2.05) is 0 Å². The van der Waals surface area contributed by atoms with Crippen LogP contribution in [-0.2, 0) is 6.54 Å². The molecule has 0 fully saturated rings. The fourth-order valence-electron chi connectivity index (χ4n) is 3.60. The van der Waals surface area contributed by atoms with Gasteiger partial charge in [0.1, 0.15) is 0 Å². The minimum absolute atomic E-state index is 0.789. The number of hydrogen-bond acceptors (Lipinski definition) is 2. The van der Waals surface area contributed by atoms with Crippen molar-refractivity contribution in [3.8, 4) is 11.1 Å². The second kappa shape index (κ2) is 6.92. The van der Waals surface area contributed by atoms with Crippen LogP contribution >= 0.6 is 0 Å². The maximum absolute atomic E-state index is 4.81. The molecule has 136 valence electrons. The van der Waals surface area contributed by atoms with Crippen molar-refractivity contribution < 1.29 is 0 Å². The SMILES string of the molecule is Cc1cccc(C)c1CNc1cc(-c2ccccc2)cn2c(C)c(C)nc12. The first kappa shape index (κ1) is 17.3. The summed E-state index contributed by atoms with van der Waals surface area (Å²) in [7, 11) is 0. The summed E-state index contributed by atoms with van der Waals surface area (Å²) in [4.78, 5) is 4.81. The van der Waals surface area contributed by atoms with Crippen molar-refractivity contribution in [1.29, 1.82) is 0 Å². The molecular weight excluding hydrogens is 330 g/mol. The van der Waals surface area contributed by atoms with E-state index in [0.717, 1.165) is 23.6 Å². The summed E-state index contributed by atoms with van der Waals surface area (Å²) >= 11 is 0. The van der Waals surface area contributed by atoms with E-state index in [4.69, 9.17) is 4.98 Å². The molecule has 2 aromatic heterocycles. The van der Waals surface area contributed by atoms with Gasteiger partial charge in [0.2, 0.25) is 0 Å². The number of hydrogen-bond donors (Lipinski definition) is 1. The third-order valence-electron chi connectivity index (χ3n) is 5.40. The van der Waals surface area contributed by atoms with Gasteiger partial charge in [-0.2, -0.15) is 0 Å². The molecular formula is C24H25N3. The van der Waals surface area contributed by atoms with Gasteiger partial charge in [-0.05, 0) is 56.0 Å². The zero-order valence-electron chi connectivity index (χ0n) is 16.4. The fourth-order valence-corrected chi connectivity index (χ4v) is 3.60. The first-order chi connectivity index (χ1) is 13.0. The minimum Gasteiger partial charge on any atom is -0.378 e. The number of benzene rings is 2.